The minimum Gasteiger partial charge on any atom is -0.349 e. The van der Waals surface area contributed by atoms with Gasteiger partial charge in [0.2, 0.25) is 0 Å². The van der Waals surface area contributed by atoms with Crippen LogP contribution in [-0.4, -0.2) is 19.5 Å². The van der Waals surface area contributed by atoms with Crippen molar-refractivity contribution in [1.82, 2.24) is 19.5 Å². The highest BCUT2D eigenvalue weighted by Crippen LogP contribution is 2.10. The molecule has 4 nitrogen and oxygen atoms in total. The molecule has 0 bridgehead atoms. The van der Waals surface area contributed by atoms with Gasteiger partial charge in [0.05, 0.1) is 0 Å². The fourth-order valence-electron chi connectivity index (χ4n) is 2.48. The summed E-state index contributed by atoms with van der Waals surface area (Å²) in [6.45, 7) is 4.24. The number of nitrogens with one attached hydrogen (secondary N) is 1. The molecule has 0 unspecified atom stereocenters. The molecule has 0 fully saturated rings. The summed E-state index contributed by atoms with van der Waals surface area (Å²) in [4.78, 5) is 11.4. The maximum atomic E-state index is 4.23. The predicted molar refractivity (Wildman–Crippen MR) is 97.5 cm³/mol. The number of imidazole rings is 2. The van der Waals surface area contributed by atoms with Crippen molar-refractivity contribution in [2.24, 2.45) is 7.05 Å². The Hall–Kier alpha value is -1.58. The number of aromatic amines is 1. The monoisotopic (exact) mass is 318 g/mol. The van der Waals surface area contributed by atoms with Crippen molar-refractivity contribution in [3.8, 4) is 0 Å². The largest absolute Gasteiger partial charge is 0.349 e. The van der Waals surface area contributed by atoms with Crippen molar-refractivity contribution in [2.75, 3.05) is 0 Å². The van der Waals surface area contributed by atoms with Crippen molar-refractivity contribution in [2.45, 2.75) is 78.1 Å². The fourth-order valence-corrected chi connectivity index (χ4v) is 2.48. The molecule has 0 atom stereocenters. The van der Waals surface area contributed by atoms with E-state index in [1.807, 2.05) is 37.1 Å². The van der Waals surface area contributed by atoms with E-state index in [1.54, 1.807) is 6.20 Å². The van der Waals surface area contributed by atoms with Crippen LogP contribution in [0.5, 0.6) is 0 Å². The van der Waals surface area contributed by atoms with Crippen LogP contribution in [0, 0.1) is 6.92 Å². The molecule has 0 saturated carbocycles. The molecule has 0 aliphatic rings. The van der Waals surface area contributed by atoms with Gasteiger partial charge in [0.15, 0.2) is 0 Å². The van der Waals surface area contributed by atoms with Crippen LogP contribution in [-0.2, 0) is 13.5 Å². The van der Waals surface area contributed by atoms with E-state index in [9.17, 15) is 0 Å². The van der Waals surface area contributed by atoms with E-state index in [0.29, 0.717) is 0 Å². The van der Waals surface area contributed by atoms with E-state index in [0.717, 1.165) is 18.1 Å². The molecular weight excluding hydrogens is 284 g/mol. The number of aryl methyl sites for hydroxylation is 3. The van der Waals surface area contributed by atoms with Crippen molar-refractivity contribution < 1.29 is 0 Å². The topological polar surface area (TPSA) is 46.5 Å². The number of H-pyrrole nitrogens is 1. The van der Waals surface area contributed by atoms with Crippen LogP contribution in [0.3, 0.4) is 0 Å². The van der Waals surface area contributed by atoms with Crippen LogP contribution in [0.15, 0.2) is 24.8 Å². The average molecular weight is 319 g/mol. The summed E-state index contributed by atoms with van der Waals surface area (Å²) < 4.78 is 1.97. The predicted octanol–water partition coefficient (Wildman–Crippen LogP) is 5.21. The Morgan fingerprint density at radius 1 is 0.913 bits per heavy atom. The van der Waals surface area contributed by atoms with Crippen LogP contribution >= 0.6 is 0 Å². The molecule has 1 N–H and O–H groups in total. The van der Waals surface area contributed by atoms with Gasteiger partial charge in [-0.1, -0.05) is 58.3 Å². The number of rotatable bonds is 10. The van der Waals surface area contributed by atoms with Crippen LogP contribution < -0.4 is 0 Å². The second-order valence-electron chi connectivity index (χ2n) is 6.20. The van der Waals surface area contributed by atoms with Gasteiger partial charge in [0, 0.05) is 38.3 Å². The Kier molecular flexibility index (Phi) is 10.9. The molecular formula is C19H34N4. The number of aromatic nitrogens is 4. The molecule has 0 aliphatic carbocycles. The molecule has 2 aromatic rings. The Morgan fingerprint density at radius 2 is 1.57 bits per heavy atom. The molecule has 2 heterocycles. The highest BCUT2D eigenvalue weighted by molar-refractivity contribution is 4.86. The third-order valence-corrected chi connectivity index (χ3v) is 4.13. The van der Waals surface area contributed by atoms with Crippen molar-refractivity contribution in [1.29, 1.82) is 0 Å². The first-order valence-corrected chi connectivity index (χ1v) is 9.16. The number of hydrogen-bond acceptors (Lipinski definition) is 2. The van der Waals surface area contributed by atoms with Crippen molar-refractivity contribution in [3.63, 3.8) is 0 Å². The maximum Gasteiger partial charge on any atom is 0.105 e. The summed E-state index contributed by atoms with van der Waals surface area (Å²) >= 11 is 0. The van der Waals surface area contributed by atoms with Gasteiger partial charge >= 0.3 is 0 Å². The summed E-state index contributed by atoms with van der Waals surface area (Å²) in [6, 6.07) is 0. The van der Waals surface area contributed by atoms with Crippen LogP contribution in [0.4, 0.5) is 0 Å². The third-order valence-electron chi connectivity index (χ3n) is 4.13. The molecule has 0 radical (unpaired) electrons. The van der Waals surface area contributed by atoms with Crippen LogP contribution in [0.25, 0.3) is 0 Å². The maximum absolute atomic E-state index is 4.23. The Morgan fingerprint density at radius 3 is 2.00 bits per heavy atom. The van der Waals surface area contributed by atoms with Crippen LogP contribution in [0.2, 0.25) is 0 Å². The smallest absolute Gasteiger partial charge is 0.105 e. The van der Waals surface area contributed by atoms with Gasteiger partial charge in [0.25, 0.3) is 0 Å². The van der Waals surface area contributed by atoms with E-state index >= 15 is 0 Å². The van der Waals surface area contributed by atoms with Gasteiger partial charge in [-0.2, -0.15) is 0 Å². The van der Waals surface area contributed by atoms with Gasteiger partial charge in [-0.3, -0.25) is 0 Å². The molecule has 4 heteroatoms. The van der Waals surface area contributed by atoms with Gasteiger partial charge in [-0.15, -0.1) is 0 Å². The van der Waals surface area contributed by atoms with Gasteiger partial charge in [-0.25, -0.2) is 9.97 Å². The lowest BCUT2D eigenvalue weighted by Crippen LogP contribution is -1.88. The molecule has 0 amide bonds. The average Bonchev–Trinajstić information content (AvgIpc) is 3.19. The lowest BCUT2D eigenvalue weighted by Gasteiger charge is -2.01. The molecule has 23 heavy (non-hydrogen) atoms. The number of unbranched alkanes of at least 4 members (excludes halogenated alkanes) is 8. The van der Waals surface area contributed by atoms with Crippen molar-refractivity contribution in [3.05, 3.63) is 36.4 Å². The van der Waals surface area contributed by atoms with Gasteiger partial charge < -0.3 is 9.55 Å². The number of hydrogen-bond donors (Lipinski definition) is 1. The van der Waals surface area contributed by atoms with E-state index < -0.39 is 0 Å². The first-order valence-electron chi connectivity index (χ1n) is 9.16. The SMILES string of the molecule is CCCCCCCCCCCc1ncc[nH]1.Cc1nccn1C. The Bertz CT molecular complexity index is 457. The molecule has 0 aliphatic heterocycles. The molecule has 0 saturated heterocycles. The highest BCUT2D eigenvalue weighted by Gasteiger charge is 1.95. The zero-order valence-electron chi connectivity index (χ0n) is 15.2. The van der Waals surface area contributed by atoms with E-state index in [-0.39, 0.29) is 0 Å². The standard InChI is InChI=1S/C14H26N2.C5H8N2/c1-2-3-4-5-6-7-8-9-10-11-14-15-12-13-16-14;1-5-6-3-4-7(5)2/h12-13H,2-11H2,1H3,(H,15,16);3-4H,1-2H3. The summed E-state index contributed by atoms with van der Waals surface area (Å²) in [7, 11) is 1.97. The van der Waals surface area contributed by atoms with E-state index in [4.69, 9.17) is 0 Å². The summed E-state index contributed by atoms with van der Waals surface area (Å²) in [5.41, 5.74) is 0. The van der Waals surface area contributed by atoms with Gasteiger partial charge in [0.1, 0.15) is 11.6 Å². The fraction of sp³-hybridized carbons (Fsp3) is 0.684. The molecule has 2 aromatic heterocycles. The lowest BCUT2D eigenvalue weighted by atomic mass is 10.1. The quantitative estimate of drug-likeness (QED) is 0.611. The first-order chi connectivity index (χ1) is 11.2. The zero-order valence-corrected chi connectivity index (χ0v) is 15.2. The van der Waals surface area contributed by atoms with Gasteiger partial charge in [-0.05, 0) is 13.3 Å². The molecule has 0 aromatic carbocycles. The summed E-state index contributed by atoms with van der Waals surface area (Å²) in [5.74, 6) is 2.20. The molecule has 0 spiro atoms. The zero-order chi connectivity index (χ0) is 16.8. The Labute approximate surface area is 141 Å². The van der Waals surface area contributed by atoms with Crippen LogP contribution in [0.1, 0.15) is 76.4 Å². The second kappa shape index (κ2) is 12.9. The summed E-state index contributed by atoms with van der Waals surface area (Å²) in [5, 5.41) is 0. The number of nitrogens with zero attached hydrogens (tertiary/aromatic N) is 3. The first kappa shape index (κ1) is 19.5. The molecule has 2 rings (SSSR count). The highest BCUT2D eigenvalue weighted by atomic mass is 15.0. The lowest BCUT2D eigenvalue weighted by molar-refractivity contribution is 0.562. The second-order valence-corrected chi connectivity index (χ2v) is 6.20. The molecule has 130 valence electrons. The van der Waals surface area contributed by atoms with E-state index in [2.05, 4.69) is 21.9 Å². The third kappa shape index (κ3) is 9.93. The normalized spacial score (nSPS) is 10.4. The minimum absolute atomic E-state index is 1.06. The minimum atomic E-state index is 1.06. The van der Waals surface area contributed by atoms with Crippen molar-refractivity contribution >= 4 is 0 Å². The summed E-state index contributed by atoms with van der Waals surface area (Å²) in [6.07, 6.45) is 21.1. The van der Waals surface area contributed by atoms with E-state index in [1.165, 1.54) is 57.8 Å². The Balaban J connectivity index is 0.000000313.